The maximum absolute atomic E-state index is 16.4. The van der Waals surface area contributed by atoms with Crippen molar-refractivity contribution in [1.29, 1.82) is 0 Å². The first-order chi connectivity index (χ1) is 29.9. The molecule has 0 radical (unpaired) electrons. The fourth-order valence-corrected chi connectivity index (χ4v) is 9.02. The third kappa shape index (κ3) is 5.33. The number of furan rings is 1. The number of fused-ring (bicyclic) bond motifs is 10. The molecule has 8 aromatic carbocycles. The van der Waals surface area contributed by atoms with Crippen LogP contribution < -0.4 is 0 Å². The lowest BCUT2D eigenvalue weighted by Gasteiger charge is -2.19. The zero-order chi connectivity index (χ0) is 40.8. The molecule has 0 atom stereocenters. The van der Waals surface area contributed by atoms with Gasteiger partial charge < -0.3 is 13.6 Å². The molecule has 0 saturated carbocycles. The van der Waals surface area contributed by atoms with Gasteiger partial charge in [-0.2, -0.15) is 13.2 Å². The second-order valence-corrected chi connectivity index (χ2v) is 15.1. The Morgan fingerprint density at radius 1 is 0.443 bits per heavy atom. The van der Waals surface area contributed by atoms with Gasteiger partial charge in [0, 0.05) is 43.7 Å². The van der Waals surface area contributed by atoms with Crippen molar-refractivity contribution >= 4 is 65.6 Å². The number of hydrogen-bond donors (Lipinski definition) is 0. The molecule has 0 amide bonds. The molecule has 0 aliphatic carbocycles. The Balaban J connectivity index is 1.27. The maximum atomic E-state index is 16.4. The predicted molar refractivity (Wildman–Crippen MR) is 237 cm³/mol. The Morgan fingerprint density at radius 2 is 0.984 bits per heavy atom. The van der Waals surface area contributed by atoms with E-state index in [1.165, 1.54) is 0 Å². The van der Waals surface area contributed by atoms with Crippen LogP contribution in [-0.4, -0.2) is 24.1 Å². The van der Waals surface area contributed by atoms with E-state index in [0.717, 1.165) is 44.3 Å². The van der Waals surface area contributed by atoms with Crippen molar-refractivity contribution in [2.75, 3.05) is 0 Å². The van der Waals surface area contributed by atoms with Gasteiger partial charge in [0.05, 0.1) is 44.3 Å². The van der Waals surface area contributed by atoms with Crippen LogP contribution in [0.4, 0.5) is 13.2 Å². The van der Waals surface area contributed by atoms with Gasteiger partial charge in [-0.3, -0.25) is 0 Å². The Morgan fingerprint density at radius 3 is 1.64 bits per heavy atom. The summed E-state index contributed by atoms with van der Waals surface area (Å²) in [7, 11) is 0. The summed E-state index contributed by atoms with van der Waals surface area (Å²) < 4.78 is 59.7. The lowest BCUT2D eigenvalue weighted by molar-refractivity contribution is -0.137. The molecule has 0 saturated heterocycles. The van der Waals surface area contributed by atoms with E-state index in [1.807, 2.05) is 162 Å². The number of aromatic nitrogens is 5. The molecule has 0 unspecified atom stereocenters. The molecule has 0 N–H and O–H groups in total. The second-order valence-electron chi connectivity index (χ2n) is 15.1. The van der Waals surface area contributed by atoms with Gasteiger partial charge in [-0.05, 0) is 42.5 Å². The normalized spacial score (nSPS) is 12.2. The summed E-state index contributed by atoms with van der Waals surface area (Å²) >= 11 is 0. The summed E-state index contributed by atoms with van der Waals surface area (Å²) in [4.78, 5) is 14.6. The van der Waals surface area contributed by atoms with Crippen molar-refractivity contribution in [3.63, 3.8) is 0 Å². The molecule has 0 aliphatic rings. The third-order valence-corrected chi connectivity index (χ3v) is 11.6. The first-order valence-corrected chi connectivity index (χ1v) is 19.9. The number of nitrogens with zero attached hydrogens (tertiary/aromatic N) is 5. The summed E-state index contributed by atoms with van der Waals surface area (Å²) in [6.45, 7) is 0. The average molecular weight is 798 g/mol. The van der Waals surface area contributed by atoms with Crippen molar-refractivity contribution in [3.05, 3.63) is 188 Å². The van der Waals surface area contributed by atoms with Crippen LogP contribution in [0.15, 0.2) is 186 Å². The average Bonchev–Trinajstić information content (AvgIpc) is 3.97. The SMILES string of the molecule is FC(F)(F)c1cc(-c2nc(-c3ccccc3)nc(-c3ccccc3)n2)c2oc3ccccc3c2c1-n1c2ccccc2c2ccc3c(c4ccccc4n3-c3ccccc3)c21. The molecule has 4 heterocycles. The van der Waals surface area contributed by atoms with E-state index in [9.17, 15) is 0 Å². The number of hydrogen-bond acceptors (Lipinski definition) is 4. The quantitative estimate of drug-likeness (QED) is 0.174. The molecule has 4 aromatic heterocycles. The van der Waals surface area contributed by atoms with E-state index < -0.39 is 11.7 Å². The van der Waals surface area contributed by atoms with E-state index in [0.29, 0.717) is 50.2 Å². The van der Waals surface area contributed by atoms with E-state index in [2.05, 4.69) is 16.7 Å². The molecule has 61 heavy (non-hydrogen) atoms. The van der Waals surface area contributed by atoms with Gasteiger partial charge in [-0.25, -0.2) is 15.0 Å². The van der Waals surface area contributed by atoms with Crippen LogP contribution in [0.1, 0.15) is 5.56 Å². The Kier molecular flexibility index (Phi) is 7.59. The zero-order valence-corrected chi connectivity index (χ0v) is 32.1. The molecule has 0 bridgehead atoms. The van der Waals surface area contributed by atoms with Gasteiger partial charge in [0.1, 0.15) is 11.2 Å². The molecular weight excluding hydrogens is 768 g/mol. The van der Waals surface area contributed by atoms with E-state index >= 15 is 13.2 Å². The number of benzene rings is 8. The van der Waals surface area contributed by atoms with Crippen LogP contribution in [0, 0.1) is 0 Å². The maximum Gasteiger partial charge on any atom is 0.418 e. The molecule has 12 aromatic rings. The third-order valence-electron chi connectivity index (χ3n) is 11.6. The van der Waals surface area contributed by atoms with Crippen molar-refractivity contribution in [3.8, 4) is 45.5 Å². The van der Waals surface area contributed by atoms with Gasteiger partial charge in [0.25, 0.3) is 0 Å². The topological polar surface area (TPSA) is 61.7 Å². The highest BCUT2D eigenvalue weighted by molar-refractivity contribution is 6.27. The summed E-state index contributed by atoms with van der Waals surface area (Å²) in [5.41, 5.74) is 5.32. The van der Waals surface area contributed by atoms with Gasteiger partial charge >= 0.3 is 6.18 Å². The minimum Gasteiger partial charge on any atom is -0.455 e. The van der Waals surface area contributed by atoms with E-state index in [-0.39, 0.29) is 22.7 Å². The predicted octanol–water partition coefficient (Wildman–Crippen LogP) is 14.0. The minimum absolute atomic E-state index is 0.0351. The first-order valence-electron chi connectivity index (χ1n) is 19.9. The smallest absolute Gasteiger partial charge is 0.418 e. The first kappa shape index (κ1) is 35.0. The van der Waals surface area contributed by atoms with Gasteiger partial charge in [-0.15, -0.1) is 0 Å². The monoisotopic (exact) mass is 797 g/mol. The van der Waals surface area contributed by atoms with Crippen LogP contribution in [0.25, 0.3) is 111 Å². The molecular formula is C52H30F3N5O. The fourth-order valence-electron chi connectivity index (χ4n) is 9.02. The van der Waals surface area contributed by atoms with Crippen molar-refractivity contribution in [2.45, 2.75) is 6.18 Å². The lowest BCUT2D eigenvalue weighted by atomic mass is 9.99. The second kappa shape index (κ2) is 13.2. The van der Waals surface area contributed by atoms with Crippen molar-refractivity contribution < 1.29 is 17.6 Å². The van der Waals surface area contributed by atoms with Crippen molar-refractivity contribution in [1.82, 2.24) is 24.1 Å². The summed E-state index contributed by atoms with van der Waals surface area (Å²) in [5, 5.41) is 4.24. The summed E-state index contributed by atoms with van der Waals surface area (Å²) in [6, 6.07) is 57.0. The Bertz CT molecular complexity index is 3630. The van der Waals surface area contributed by atoms with Crippen LogP contribution in [0.2, 0.25) is 0 Å². The number of halogens is 3. The molecule has 0 spiro atoms. The molecule has 6 nitrogen and oxygen atoms in total. The van der Waals surface area contributed by atoms with Crippen LogP contribution in [0.3, 0.4) is 0 Å². The van der Waals surface area contributed by atoms with Crippen LogP contribution >= 0.6 is 0 Å². The summed E-state index contributed by atoms with van der Waals surface area (Å²) in [5.74, 6) is 0.709. The Hall–Kier alpha value is -8.04. The molecule has 9 heteroatoms. The molecule has 0 aliphatic heterocycles. The molecule has 0 fully saturated rings. The highest BCUT2D eigenvalue weighted by atomic mass is 19.4. The highest BCUT2D eigenvalue weighted by Crippen LogP contribution is 2.50. The molecule has 290 valence electrons. The molecule has 12 rings (SSSR count). The number of rotatable bonds is 5. The number of para-hydroxylation sites is 4. The zero-order valence-electron chi connectivity index (χ0n) is 32.1. The van der Waals surface area contributed by atoms with Crippen LogP contribution in [0.5, 0.6) is 0 Å². The number of alkyl halides is 3. The van der Waals surface area contributed by atoms with Gasteiger partial charge in [-0.1, -0.05) is 140 Å². The largest absolute Gasteiger partial charge is 0.455 e. The van der Waals surface area contributed by atoms with Gasteiger partial charge in [0.15, 0.2) is 17.5 Å². The standard InChI is InChI=1S/C52H30F3N5O/c53-52(54,55)39-30-38(51-57-49(31-16-4-1-5-17-31)56-50(58-51)32-18-6-2-7-19-32)48-45(37-24-12-15-27-43(37)61-48)47(39)60-40-25-13-10-22-34(40)35-28-29-42-44(46(35)60)36-23-11-14-26-41(36)59(42)33-20-8-3-9-21-33/h1-30H. The fraction of sp³-hybridized carbons (Fsp3) is 0.0192. The van der Waals surface area contributed by atoms with E-state index in [1.54, 1.807) is 6.07 Å². The summed E-state index contributed by atoms with van der Waals surface area (Å²) in [6.07, 6.45) is -4.84. The van der Waals surface area contributed by atoms with Crippen molar-refractivity contribution in [2.24, 2.45) is 0 Å². The Labute approximate surface area is 345 Å². The minimum atomic E-state index is -4.84. The van der Waals surface area contributed by atoms with E-state index in [4.69, 9.17) is 19.4 Å². The van der Waals surface area contributed by atoms with Gasteiger partial charge in [0.2, 0.25) is 0 Å². The highest BCUT2D eigenvalue weighted by Gasteiger charge is 2.39. The van der Waals surface area contributed by atoms with Crippen LogP contribution in [-0.2, 0) is 6.18 Å². The lowest BCUT2D eigenvalue weighted by Crippen LogP contribution is -2.12.